The van der Waals surface area contributed by atoms with E-state index in [2.05, 4.69) is 20.8 Å². The molecule has 2 aromatic rings. The molecule has 35 heavy (non-hydrogen) atoms. The van der Waals surface area contributed by atoms with Gasteiger partial charge in [0.1, 0.15) is 0 Å². The predicted molar refractivity (Wildman–Crippen MR) is 132 cm³/mol. The first-order valence-electron chi connectivity index (χ1n) is 12.6. The lowest BCUT2D eigenvalue weighted by Crippen LogP contribution is -2.45. The zero-order valence-electron chi connectivity index (χ0n) is 21.8. The third-order valence-electron chi connectivity index (χ3n) is 6.88. The van der Waals surface area contributed by atoms with Gasteiger partial charge in [0.25, 0.3) is 5.91 Å². The molecule has 9 heteroatoms. The summed E-state index contributed by atoms with van der Waals surface area (Å²) in [6.45, 7) is 11.2. The van der Waals surface area contributed by atoms with Crippen LogP contribution in [0.15, 0.2) is 6.07 Å². The number of aromatic nitrogens is 3. The highest BCUT2D eigenvalue weighted by molar-refractivity contribution is 6.07. The molecule has 0 unspecified atom stereocenters. The summed E-state index contributed by atoms with van der Waals surface area (Å²) in [7, 11) is 1.66. The van der Waals surface area contributed by atoms with Crippen molar-refractivity contribution in [1.29, 1.82) is 0 Å². The second kappa shape index (κ2) is 9.59. The number of hydrogen-bond acceptors (Lipinski definition) is 6. The third kappa shape index (κ3) is 5.18. The van der Waals surface area contributed by atoms with E-state index in [1.54, 1.807) is 18.9 Å². The van der Waals surface area contributed by atoms with Crippen molar-refractivity contribution in [1.82, 2.24) is 24.6 Å². The maximum Gasteiger partial charge on any atom is 0.309 e. The first-order chi connectivity index (χ1) is 16.5. The molecule has 0 aromatic carbocycles. The van der Waals surface area contributed by atoms with Crippen molar-refractivity contribution < 1.29 is 19.1 Å². The fourth-order valence-corrected chi connectivity index (χ4v) is 4.74. The van der Waals surface area contributed by atoms with Gasteiger partial charge in [0.2, 0.25) is 5.91 Å². The maximum absolute atomic E-state index is 13.6. The summed E-state index contributed by atoms with van der Waals surface area (Å²) in [6, 6.07) is 1.90. The molecule has 9 nitrogen and oxygen atoms in total. The van der Waals surface area contributed by atoms with Gasteiger partial charge in [-0.1, -0.05) is 0 Å². The molecule has 2 amide bonds. The quantitative estimate of drug-likeness (QED) is 0.585. The number of pyridine rings is 1. The van der Waals surface area contributed by atoms with Crippen molar-refractivity contribution in [2.24, 2.45) is 5.92 Å². The summed E-state index contributed by atoms with van der Waals surface area (Å²) in [5.41, 5.74) is 2.69. The van der Waals surface area contributed by atoms with Crippen LogP contribution in [0.1, 0.15) is 81.0 Å². The molecule has 1 saturated carbocycles. The summed E-state index contributed by atoms with van der Waals surface area (Å²) in [5, 5.41) is 5.48. The molecule has 1 aliphatic carbocycles. The highest BCUT2D eigenvalue weighted by atomic mass is 16.5. The lowest BCUT2D eigenvalue weighted by atomic mass is 9.97. The van der Waals surface area contributed by atoms with E-state index >= 15 is 0 Å². The smallest absolute Gasteiger partial charge is 0.309 e. The van der Waals surface area contributed by atoms with E-state index in [0.717, 1.165) is 35.3 Å². The summed E-state index contributed by atoms with van der Waals surface area (Å²) in [6.07, 6.45) is 3.32. The van der Waals surface area contributed by atoms with Crippen LogP contribution >= 0.6 is 0 Å². The van der Waals surface area contributed by atoms with Crippen LogP contribution in [-0.2, 0) is 19.9 Å². The van der Waals surface area contributed by atoms with E-state index in [-0.39, 0.29) is 35.8 Å². The van der Waals surface area contributed by atoms with Crippen LogP contribution in [0.3, 0.4) is 0 Å². The maximum atomic E-state index is 13.6. The molecule has 0 bridgehead atoms. The van der Waals surface area contributed by atoms with E-state index in [1.165, 1.54) is 4.90 Å². The summed E-state index contributed by atoms with van der Waals surface area (Å²) in [4.78, 5) is 46.7. The number of fused-ring (bicyclic) bond motifs is 1. The minimum atomic E-state index is -0.278. The Kier molecular flexibility index (Phi) is 6.88. The number of nitrogens with zero attached hydrogens (tertiary/aromatic N) is 5. The molecule has 1 saturated heterocycles. The Labute approximate surface area is 206 Å². The van der Waals surface area contributed by atoms with Gasteiger partial charge in [0, 0.05) is 31.7 Å². The Balaban J connectivity index is 1.53. The van der Waals surface area contributed by atoms with E-state index in [0.29, 0.717) is 44.0 Å². The number of hydrogen-bond donors (Lipinski definition) is 0. The molecule has 0 atom stereocenters. The van der Waals surface area contributed by atoms with Gasteiger partial charge >= 0.3 is 5.97 Å². The average Bonchev–Trinajstić information content (AvgIpc) is 3.61. The Hall–Kier alpha value is -2.97. The standard InChI is InChI=1S/C26H37N5O4/c1-7-35-25(34)18-10-12-30(13-11-18)21(32)15-29(6)24(33)19-14-20(17-8-9-17)27-23-22(19)16(2)28-31(23)26(3,4)5/h14,17-18H,7-13,15H2,1-6H3. The van der Waals surface area contributed by atoms with E-state index < -0.39 is 0 Å². The number of rotatable bonds is 6. The number of carbonyl (C=O) groups is 3. The topological polar surface area (TPSA) is 97.6 Å². The largest absolute Gasteiger partial charge is 0.466 e. The van der Waals surface area contributed by atoms with Gasteiger partial charge in [-0.3, -0.25) is 14.4 Å². The van der Waals surface area contributed by atoms with Gasteiger partial charge in [-0.25, -0.2) is 9.67 Å². The fraction of sp³-hybridized carbons (Fsp3) is 0.654. The average molecular weight is 484 g/mol. The zero-order chi connectivity index (χ0) is 25.5. The Morgan fingerprint density at radius 2 is 1.80 bits per heavy atom. The van der Waals surface area contributed by atoms with Crippen molar-refractivity contribution in [2.75, 3.05) is 33.3 Å². The van der Waals surface area contributed by atoms with E-state index in [4.69, 9.17) is 14.8 Å². The van der Waals surface area contributed by atoms with Crippen LogP contribution in [0.5, 0.6) is 0 Å². The Morgan fingerprint density at radius 3 is 2.37 bits per heavy atom. The highest BCUT2D eigenvalue weighted by Crippen LogP contribution is 2.41. The number of piperidine rings is 1. The monoisotopic (exact) mass is 483 g/mol. The molecule has 4 rings (SSSR count). The normalized spacial score (nSPS) is 17.0. The Bertz CT molecular complexity index is 1140. The van der Waals surface area contributed by atoms with Crippen LogP contribution in [0.25, 0.3) is 11.0 Å². The van der Waals surface area contributed by atoms with Crippen molar-refractivity contribution in [3.05, 3.63) is 23.0 Å². The molecular weight excluding hydrogens is 446 g/mol. The van der Waals surface area contributed by atoms with Gasteiger partial charge in [0.05, 0.1) is 41.3 Å². The van der Waals surface area contributed by atoms with Crippen LogP contribution in [-0.4, -0.2) is 75.6 Å². The van der Waals surface area contributed by atoms with Crippen molar-refractivity contribution in [3.63, 3.8) is 0 Å². The lowest BCUT2D eigenvalue weighted by molar-refractivity contribution is -0.151. The lowest BCUT2D eigenvalue weighted by Gasteiger charge is -2.32. The second-order valence-corrected chi connectivity index (χ2v) is 10.8. The van der Waals surface area contributed by atoms with Gasteiger partial charge in [-0.05, 0) is 66.4 Å². The number of amides is 2. The number of aryl methyl sites for hydroxylation is 1. The first-order valence-corrected chi connectivity index (χ1v) is 12.6. The molecule has 3 heterocycles. The van der Waals surface area contributed by atoms with Crippen LogP contribution in [0, 0.1) is 12.8 Å². The van der Waals surface area contributed by atoms with E-state index in [1.807, 2.05) is 17.7 Å². The van der Waals surface area contributed by atoms with Crippen LogP contribution < -0.4 is 0 Å². The molecule has 0 N–H and O–H groups in total. The summed E-state index contributed by atoms with van der Waals surface area (Å²) < 4.78 is 7.02. The number of likely N-dealkylation sites (N-methyl/N-ethyl adjacent to an activating group) is 1. The van der Waals surface area contributed by atoms with Crippen molar-refractivity contribution in [3.8, 4) is 0 Å². The number of esters is 1. The first kappa shape index (κ1) is 25.1. The predicted octanol–water partition coefficient (Wildman–Crippen LogP) is 3.25. The second-order valence-electron chi connectivity index (χ2n) is 10.8. The van der Waals surface area contributed by atoms with E-state index in [9.17, 15) is 14.4 Å². The number of likely N-dealkylation sites (tertiary alicyclic amines) is 1. The SMILES string of the molecule is CCOC(=O)C1CCN(C(=O)CN(C)C(=O)c2cc(C3CC3)nc3c2c(C)nn3C(C)(C)C)CC1. The van der Waals surface area contributed by atoms with Crippen LogP contribution in [0.4, 0.5) is 0 Å². The van der Waals surface area contributed by atoms with Crippen LogP contribution in [0.2, 0.25) is 0 Å². The van der Waals surface area contributed by atoms with Gasteiger partial charge in [-0.2, -0.15) is 5.10 Å². The minimum Gasteiger partial charge on any atom is -0.466 e. The summed E-state index contributed by atoms with van der Waals surface area (Å²) >= 11 is 0. The Morgan fingerprint density at radius 1 is 1.14 bits per heavy atom. The molecule has 2 fully saturated rings. The highest BCUT2D eigenvalue weighted by Gasteiger charge is 2.32. The molecular formula is C26H37N5O4. The molecule has 190 valence electrons. The van der Waals surface area contributed by atoms with Gasteiger partial charge in [0.15, 0.2) is 5.65 Å². The summed E-state index contributed by atoms with van der Waals surface area (Å²) in [5.74, 6) is -0.288. The fourth-order valence-electron chi connectivity index (χ4n) is 4.74. The minimum absolute atomic E-state index is 0.0159. The zero-order valence-corrected chi connectivity index (χ0v) is 21.8. The van der Waals surface area contributed by atoms with Gasteiger partial charge in [-0.15, -0.1) is 0 Å². The molecule has 1 aliphatic heterocycles. The molecule has 2 aliphatic rings. The third-order valence-corrected chi connectivity index (χ3v) is 6.88. The van der Waals surface area contributed by atoms with Crippen molar-refractivity contribution >= 4 is 28.8 Å². The van der Waals surface area contributed by atoms with Gasteiger partial charge < -0.3 is 14.5 Å². The molecule has 0 radical (unpaired) electrons. The molecule has 2 aromatic heterocycles. The number of carbonyl (C=O) groups excluding carboxylic acids is 3. The number of ether oxygens (including phenoxy) is 1. The molecule has 0 spiro atoms. The van der Waals surface area contributed by atoms with Crippen molar-refractivity contribution in [2.45, 2.75) is 71.8 Å².